The third-order valence-corrected chi connectivity index (χ3v) is 5.80. The Hall–Kier alpha value is -2.77. The van der Waals surface area contributed by atoms with Crippen LogP contribution in [0.3, 0.4) is 0 Å². The van der Waals surface area contributed by atoms with E-state index in [1.54, 1.807) is 18.9 Å². The maximum absolute atomic E-state index is 12.8. The lowest BCUT2D eigenvalue weighted by Gasteiger charge is -2.08. The molecular weight excluding hydrogens is 378 g/mol. The molecule has 1 N–H and O–H groups in total. The summed E-state index contributed by atoms with van der Waals surface area (Å²) < 4.78 is 7.11. The first-order valence-electron chi connectivity index (χ1n) is 8.25. The van der Waals surface area contributed by atoms with E-state index in [9.17, 15) is 4.79 Å². The molecule has 27 heavy (non-hydrogen) atoms. The number of ether oxygens (including phenoxy) is 1. The first kappa shape index (κ1) is 17.6. The van der Waals surface area contributed by atoms with Gasteiger partial charge in [-0.3, -0.25) is 9.20 Å². The van der Waals surface area contributed by atoms with Gasteiger partial charge in [-0.05, 0) is 30.5 Å². The molecule has 2 aromatic carbocycles. The zero-order valence-corrected chi connectivity index (χ0v) is 16.4. The predicted octanol–water partition coefficient (Wildman–Crippen LogP) is 5.05. The number of amides is 1. The van der Waals surface area contributed by atoms with Gasteiger partial charge in [-0.25, -0.2) is 4.98 Å². The first-order chi connectivity index (χ1) is 13.2. The number of imidazole rings is 1. The molecule has 0 fully saturated rings. The number of thioether (sulfide) groups is 1. The molecule has 7 heteroatoms. The van der Waals surface area contributed by atoms with E-state index in [1.165, 1.54) is 11.3 Å². The molecule has 0 radical (unpaired) electrons. The van der Waals surface area contributed by atoms with Crippen molar-refractivity contribution >= 4 is 39.7 Å². The van der Waals surface area contributed by atoms with Crippen LogP contribution >= 0.6 is 23.1 Å². The van der Waals surface area contributed by atoms with Gasteiger partial charge in [0.05, 0.1) is 18.5 Å². The van der Waals surface area contributed by atoms with Gasteiger partial charge >= 0.3 is 0 Å². The van der Waals surface area contributed by atoms with Crippen molar-refractivity contribution in [3.63, 3.8) is 0 Å². The fraction of sp³-hybridized carbons (Fsp3) is 0.100. The molecule has 0 aliphatic rings. The molecule has 0 bridgehead atoms. The zero-order valence-electron chi connectivity index (χ0n) is 14.8. The number of fused-ring (bicyclic) bond motifs is 1. The quantitative estimate of drug-likeness (QED) is 0.481. The van der Waals surface area contributed by atoms with Crippen molar-refractivity contribution in [1.29, 1.82) is 0 Å². The van der Waals surface area contributed by atoms with Crippen molar-refractivity contribution in [2.24, 2.45) is 0 Å². The second-order valence-corrected chi connectivity index (χ2v) is 7.47. The van der Waals surface area contributed by atoms with Crippen LogP contribution in [-0.2, 0) is 0 Å². The lowest BCUT2D eigenvalue weighted by atomic mass is 10.1. The van der Waals surface area contributed by atoms with Crippen molar-refractivity contribution in [2.75, 3.05) is 18.7 Å². The van der Waals surface area contributed by atoms with Gasteiger partial charge in [0.25, 0.3) is 5.91 Å². The highest BCUT2D eigenvalue weighted by Gasteiger charge is 2.16. The molecule has 0 saturated carbocycles. The number of benzene rings is 2. The molecule has 1 amide bonds. The summed E-state index contributed by atoms with van der Waals surface area (Å²) in [5, 5.41) is 4.83. The average Bonchev–Trinajstić information content (AvgIpc) is 3.29. The number of nitrogens with zero attached hydrogens (tertiary/aromatic N) is 2. The van der Waals surface area contributed by atoms with Gasteiger partial charge in [0.1, 0.15) is 11.4 Å². The van der Waals surface area contributed by atoms with Crippen LogP contribution in [-0.4, -0.2) is 28.7 Å². The maximum atomic E-state index is 12.8. The molecule has 2 heterocycles. The van der Waals surface area contributed by atoms with Gasteiger partial charge in [0.2, 0.25) is 0 Å². The largest absolute Gasteiger partial charge is 0.497 e. The van der Waals surface area contributed by atoms with Crippen LogP contribution in [0.1, 0.15) is 10.5 Å². The lowest BCUT2D eigenvalue weighted by Crippen LogP contribution is -2.14. The first-order valence-corrected chi connectivity index (χ1v) is 10.4. The number of anilines is 1. The fourth-order valence-corrected chi connectivity index (χ4v) is 4.21. The number of methoxy groups -OCH3 is 1. The van der Waals surface area contributed by atoms with Crippen LogP contribution in [0.15, 0.2) is 65.0 Å². The molecule has 0 spiro atoms. The smallest absolute Gasteiger partial charge is 0.273 e. The minimum Gasteiger partial charge on any atom is -0.497 e. The monoisotopic (exact) mass is 395 g/mol. The summed E-state index contributed by atoms with van der Waals surface area (Å²) in [6, 6.07) is 15.5. The van der Waals surface area contributed by atoms with E-state index in [1.807, 2.05) is 70.8 Å². The maximum Gasteiger partial charge on any atom is 0.273 e. The molecule has 0 saturated heterocycles. The van der Waals surface area contributed by atoms with E-state index in [2.05, 4.69) is 10.3 Å². The minimum absolute atomic E-state index is 0.155. The van der Waals surface area contributed by atoms with Gasteiger partial charge in [-0.2, -0.15) is 0 Å². The number of hydrogen-bond donors (Lipinski definition) is 1. The second kappa shape index (κ2) is 7.46. The molecule has 4 rings (SSSR count). The van der Waals surface area contributed by atoms with Crippen molar-refractivity contribution in [3.8, 4) is 17.0 Å². The third kappa shape index (κ3) is 3.43. The summed E-state index contributed by atoms with van der Waals surface area (Å²) in [7, 11) is 1.64. The van der Waals surface area contributed by atoms with Crippen molar-refractivity contribution in [3.05, 3.63) is 65.8 Å². The van der Waals surface area contributed by atoms with Crippen LogP contribution < -0.4 is 10.1 Å². The number of thiazole rings is 1. The number of para-hydroxylation sites is 1. The lowest BCUT2D eigenvalue weighted by molar-refractivity contribution is 0.102. The molecule has 0 atom stereocenters. The topological polar surface area (TPSA) is 55.6 Å². The van der Waals surface area contributed by atoms with Crippen molar-refractivity contribution in [2.45, 2.75) is 4.90 Å². The molecule has 0 unspecified atom stereocenters. The highest BCUT2D eigenvalue weighted by atomic mass is 32.2. The van der Waals surface area contributed by atoms with E-state index < -0.39 is 0 Å². The van der Waals surface area contributed by atoms with Crippen molar-refractivity contribution in [1.82, 2.24) is 9.38 Å². The average molecular weight is 396 g/mol. The summed E-state index contributed by atoms with van der Waals surface area (Å²) >= 11 is 3.04. The Kier molecular flexibility index (Phi) is 4.87. The molecule has 5 nitrogen and oxygen atoms in total. The van der Waals surface area contributed by atoms with Gasteiger partial charge in [-0.1, -0.05) is 24.3 Å². The summed E-state index contributed by atoms with van der Waals surface area (Å²) in [5.41, 5.74) is 3.12. The summed E-state index contributed by atoms with van der Waals surface area (Å²) in [6.45, 7) is 0. The number of carbonyl (C=O) groups excluding carboxylic acids is 1. The van der Waals surface area contributed by atoms with E-state index in [0.717, 1.165) is 32.6 Å². The second-order valence-electron chi connectivity index (χ2n) is 5.79. The molecule has 0 aliphatic carbocycles. The Labute approximate surface area is 165 Å². The molecular formula is C20H17N3O2S2. The third-order valence-electron chi connectivity index (χ3n) is 4.16. The number of carbonyl (C=O) groups is 1. The number of aromatic nitrogens is 2. The zero-order chi connectivity index (χ0) is 18.8. The minimum atomic E-state index is -0.155. The van der Waals surface area contributed by atoms with E-state index in [0.29, 0.717) is 5.69 Å². The van der Waals surface area contributed by atoms with Gasteiger partial charge < -0.3 is 10.1 Å². The summed E-state index contributed by atoms with van der Waals surface area (Å²) in [4.78, 5) is 19.3. The molecule has 136 valence electrons. The molecule has 0 aliphatic heterocycles. The Bertz CT molecular complexity index is 1120. The predicted molar refractivity (Wildman–Crippen MR) is 111 cm³/mol. The van der Waals surface area contributed by atoms with Crippen LogP contribution in [0.5, 0.6) is 5.75 Å². The summed E-state index contributed by atoms with van der Waals surface area (Å²) in [5.74, 6) is 0.618. The van der Waals surface area contributed by atoms with Crippen LogP contribution in [0.2, 0.25) is 0 Å². The fourth-order valence-electron chi connectivity index (χ4n) is 2.80. The van der Waals surface area contributed by atoms with E-state index in [-0.39, 0.29) is 5.91 Å². The van der Waals surface area contributed by atoms with E-state index >= 15 is 0 Å². The SMILES string of the molecule is COc1cccc(-c2cn3c(C(=O)Nc4ccccc4SC)csc3n2)c1. The summed E-state index contributed by atoms with van der Waals surface area (Å²) in [6.07, 6.45) is 3.88. The standard InChI is InChI=1S/C20H17N3O2S2/c1-25-14-7-5-6-13(10-14)16-11-23-17(12-27-20(23)22-16)19(24)21-15-8-3-4-9-18(15)26-2/h3-12H,1-2H3,(H,21,24). The Balaban J connectivity index is 1.66. The van der Waals surface area contributed by atoms with Crippen LogP contribution in [0, 0.1) is 0 Å². The van der Waals surface area contributed by atoms with Crippen LogP contribution in [0.25, 0.3) is 16.2 Å². The van der Waals surface area contributed by atoms with Gasteiger partial charge in [-0.15, -0.1) is 23.1 Å². The number of nitrogens with one attached hydrogen (secondary N) is 1. The highest BCUT2D eigenvalue weighted by Crippen LogP contribution is 2.28. The Morgan fingerprint density at radius 3 is 2.89 bits per heavy atom. The molecule has 2 aromatic heterocycles. The van der Waals surface area contributed by atoms with Gasteiger partial charge in [0.15, 0.2) is 4.96 Å². The van der Waals surface area contributed by atoms with Crippen LogP contribution in [0.4, 0.5) is 5.69 Å². The Morgan fingerprint density at radius 1 is 1.22 bits per heavy atom. The Morgan fingerprint density at radius 2 is 2.07 bits per heavy atom. The normalized spacial score (nSPS) is 10.9. The number of hydrogen-bond acceptors (Lipinski definition) is 5. The van der Waals surface area contributed by atoms with Gasteiger partial charge in [0, 0.05) is 22.0 Å². The number of rotatable bonds is 5. The molecule has 4 aromatic rings. The van der Waals surface area contributed by atoms with E-state index in [4.69, 9.17) is 4.74 Å². The highest BCUT2D eigenvalue weighted by molar-refractivity contribution is 7.98. The van der Waals surface area contributed by atoms with Crippen molar-refractivity contribution < 1.29 is 9.53 Å².